The van der Waals surface area contributed by atoms with Crippen LogP contribution in [0, 0.1) is 17.8 Å². The molecule has 0 radical (unpaired) electrons. The van der Waals surface area contributed by atoms with Crippen LogP contribution in [-0.2, 0) is 4.79 Å². The van der Waals surface area contributed by atoms with Gasteiger partial charge in [-0.25, -0.2) is 0 Å². The molecule has 0 aromatic heterocycles. The molecular weight excluding hydrogens is 326 g/mol. The molecule has 3 rings (SSSR count). The number of carbonyl (C=O) groups is 2. The Kier molecular flexibility index (Phi) is 5.97. The number of anilines is 1. The molecule has 5 heteroatoms. The second kappa shape index (κ2) is 8.21. The molecule has 2 fully saturated rings. The quantitative estimate of drug-likeness (QED) is 0.868. The summed E-state index contributed by atoms with van der Waals surface area (Å²) in [5.74, 6) is 1.23. The molecule has 2 amide bonds. The smallest absolute Gasteiger partial charge is 0.255 e. The van der Waals surface area contributed by atoms with Gasteiger partial charge >= 0.3 is 0 Å². The normalized spacial score (nSPS) is 28.8. The first-order chi connectivity index (χ1) is 12.4. The average molecular weight is 357 g/mol. The number of nitrogens with zero attached hydrogens (tertiary/aromatic N) is 1. The fourth-order valence-corrected chi connectivity index (χ4v) is 4.54. The highest BCUT2D eigenvalue weighted by Crippen LogP contribution is 2.28. The first kappa shape index (κ1) is 18.9. The molecular formula is C21H31N3O2. The zero-order valence-corrected chi connectivity index (χ0v) is 15.9. The minimum absolute atomic E-state index is 0.0110. The summed E-state index contributed by atoms with van der Waals surface area (Å²) in [6.07, 6.45) is 4.70. The molecule has 1 aliphatic carbocycles. The predicted molar refractivity (Wildman–Crippen MR) is 104 cm³/mol. The summed E-state index contributed by atoms with van der Waals surface area (Å²) < 4.78 is 0. The first-order valence-electron chi connectivity index (χ1n) is 9.87. The molecule has 1 saturated heterocycles. The number of carbonyl (C=O) groups excluding carboxylic acids is 2. The van der Waals surface area contributed by atoms with Crippen LogP contribution >= 0.6 is 0 Å². The number of rotatable bonds is 4. The fraction of sp³-hybridized carbons (Fsp3) is 0.619. The van der Waals surface area contributed by atoms with Crippen LogP contribution in [0.3, 0.4) is 0 Å². The third-order valence-electron chi connectivity index (χ3n) is 5.75. The number of hydrogen-bond donors (Lipinski definition) is 2. The van der Waals surface area contributed by atoms with E-state index in [2.05, 4.69) is 19.2 Å². The minimum Gasteiger partial charge on any atom is -0.338 e. The molecule has 2 aliphatic rings. The van der Waals surface area contributed by atoms with Crippen molar-refractivity contribution in [1.82, 2.24) is 4.90 Å². The van der Waals surface area contributed by atoms with Crippen molar-refractivity contribution >= 4 is 17.5 Å². The Morgan fingerprint density at radius 3 is 2.50 bits per heavy atom. The lowest BCUT2D eigenvalue weighted by atomic mass is 9.91. The molecule has 26 heavy (non-hydrogen) atoms. The zero-order valence-electron chi connectivity index (χ0n) is 15.9. The van der Waals surface area contributed by atoms with Crippen LogP contribution in [0.25, 0.3) is 0 Å². The third-order valence-corrected chi connectivity index (χ3v) is 5.75. The van der Waals surface area contributed by atoms with Gasteiger partial charge in [0.1, 0.15) is 0 Å². The Morgan fingerprint density at radius 1 is 1.15 bits per heavy atom. The summed E-state index contributed by atoms with van der Waals surface area (Å²) in [5.41, 5.74) is 7.27. The molecule has 1 saturated carbocycles. The summed E-state index contributed by atoms with van der Waals surface area (Å²) in [6, 6.07) is 7.45. The van der Waals surface area contributed by atoms with E-state index in [9.17, 15) is 9.59 Å². The largest absolute Gasteiger partial charge is 0.338 e. The van der Waals surface area contributed by atoms with Gasteiger partial charge in [0.25, 0.3) is 5.91 Å². The molecule has 1 aliphatic heterocycles. The van der Waals surface area contributed by atoms with Crippen molar-refractivity contribution < 1.29 is 9.59 Å². The van der Waals surface area contributed by atoms with Gasteiger partial charge in [-0.2, -0.15) is 0 Å². The van der Waals surface area contributed by atoms with Gasteiger partial charge in [-0.15, -0.1) is 0 Å². The molecule has 2 unspecified atom stereocenters. The number of hydrogen-bond acceptors (Lipinski definition) is 3. The first-order valence-corrected chi connectivity index (χ1v) is 9.87. The molecule has 4 atom stereocenters. The summed E-state index contributed by atoms with van der Waals surface area (Å²) >= 11 is 0. The SMILES string of the molecule is CC1CC(C)CN(C(=O)c2ccccc2NC(=O)C[C@@H]2CCC[C@H]2N)C1. The maximum absolute atomic E-state index is 13.0. The third kappa shape index (κ3) is 4.44. The van der Waals surface area contributed by atoms with Crippen LogP contribution in [-0.4, -0.2) is 35.8 Å². The van der Waals surface area contributed by atoms with Gasteiger partial charge in [-0.1, -0.05) is 32.4 Å². The Bertz CT molecular complexity index is 650. The maximum atomic E-state index is 13.0. The van der Waals surface area contributed by atoms with E-state index >= 15 is 0 Å². The van der Waals surface area contributed by atoms with Gasteiger partial charge in [-0.05, 0) is 49.1 Å². The molecule has 1 aromatic rings. The second-order valence-corrected chi connectivity index (χ2v) is 8.31. The van der Waals surface area contributed by atoms with Crippen LogP contribution in [0.5, 0.6) is 0 Å². The number of nitrogens with one attached hydrogen (secondary N) is 1. The molecule has 142 valence electrons. The molecule has 5 nitrogen and oxygen atoms in total. The molecule has 1 heterocycles. The number of benzene rings is 1. The molecule has 3 N–H and O–H groups in total. The van der Waals surface area contributed by atoms with E-state index in [4.69, 9.17) is 5.73 Å². The second-order valence-electron chi connectivity index (χ2n) is 8.31. The molecule has 1 aromatic carbocycles. The number of piperidine rings is 1. The van der Waals surface area contributed by atoms with E-state index in [-0.39, 0.29) is 23.8 Å². The minimum atomic E-state index is -0.0482. The van der Waals surface area contributed by atoms with Crippen molar-refractivity contribution in [1.29, 1.82) is 0 Å². The van der Waals surface area contributed by atoms with Gasteiger partial charge in [0.15, 0.2) is 0 Å². The highest BCUT2D eigenvalue weighted by Gasteiger charge is 2.29. The summed E-state index contributed by atoms with van der Waals surface area (Å²) in [5, 5.41) is 2.96. The lowest BCUT2D eigenvalue weighted by molar-refractivity contribution is -0.117. The van der Waals surface area contributed by atoms with E-state index in [1.165, 1.54) is 0 Å². The van der Waals surface area contributed by atoms with E-state index in [0.717, 1.165) is 38.8 Å². The van der Waals surface area contributed by atoms with Gasteiger partial charge in [-0.3, -0.25) is 9.59 Å². The van der Waals surface area contributed by atoms with Crippen LogP contribution in [0.2, 0.25) is 0 Å². The Morgan fingerprint density at radius 2 is 1.85 bits per heavy atom. The number of amides is 2. The van der Waals surface area contributed by atoms with Crippen molar-refractivity contribution in [3.05, 3.63) is 29.8 Å². The highest BCUT2D eigenvalue weighted by atomic mass is 16.2. The van der Waals surface area contributed by atoms with Gasteiger partial charge in [0.2, 0.25) is 5.91 Å². The standard InChI is InChI=1S/C21H31N3O2/c1-14-10-15(2)13-24(12-14)21(26)17-7-3-4-9-19(17)23-20(25)11-16-6-5-8-18(16)22/h3-4,7,9,14-16,18H,5-6,8,10-13,22H2,1-2H3,(H,23,25)/t14?,15?,16-,18+/m0/s1. The zero-order chi connectivity index (χ0) is 18.7. The Hall–Kier alpha value is -1.88. The van der Waals surface area contributed by atoms with Crippen LogP contribution < -0.4 is 11.1 Å². The Balaban J connectivity index is 1.69. The van der Waals surface area contributed by atoms with E-state index in [0.29, 0.717) is 29.5 Å². The van der Waals surface area contributed by atoms with Gasteiger partial charge < -0.3 is 16.0 Å². The van der Waals surface area contributed by atoms with Gasteiger partial charge in [0, 0.05) is 25.6 Å². The van der Waals surface area contributed by atoms with Crippen LogP contribution in [0.15, 0.2) is 24.3 Å². The van der Waals surface area contributed by atoms with Crippen molar-refractivity contribution in [2.45, 2.75) is 52.0 Å². The van der Waals surface area contributed by atoms with Crippen molar-refractivity contribution in [3.8, 4) is 0 Å². The maximum Gasteiger partial charge on any atom is 0.255 e. The summed E-state index contributed by atoms with van der Waals surface area (Å²) in [4.78, 5) is 27.4. The van der Waals surface area contributed by atoms with Crippen LogP contribution in [0.4, 0.5) is 5.69 Å². The molecule has 0 bridgehead atoms. The van der Waals surface area contributed by atoms with E-state index in [1.807, 2.05) is 29.2 Å². The fourth-order valence-electron chi connectivity index (χ4n) is 4.54. The highest BCUT2D eigenvalue weighted by molar-refractivity contribution is 6.03. The van der Waals surface area contributed by atoms with Gasteiger partial charge in [0.05, 0.1) is 11.3 Å². The number of para-hydroxylation sites is 1. The lowest BCUT2D eigenvalue weighted by Crippen LogP contribution is -2.42. The van der Waals surface area contributed by atoms with E-state index < -0.39 is 0 Å². The van der Waals surface area contributed by atoms with Crippen LogP contribution in [0.1, 0.15) is 56.3 Å². The lowest BCUT2D eigenvalue weighted by Gasteiger charge is -2.35. The van der Waals surface area contributed by atoms with Crippen molar-refractivity contribution in [2.75, 3.05) is 18.4 Å². The van der Waals surface area contributed by atoms with Crippen molar-refractivity contribution in [3.63, 3.8) is 0 Å². The summed E-state index contributed by atoms with van der Waals surface area (Å²) in [7, 11) is 0. The van der Waals surface area contributed by atoms with E-state index in [1.54, 1.807) is 0 Å². The van der Waals surface area contributed by atoms with Crippen molar-refractivity contribution in [2.24, 2.45) is 23.5 Å². The number of nitrogens with two attached hydrogens (primary N) is 1. The Labute approximate surface area is 156 Å². The molecule has 0 spiro atoms. The summed E-state index contributed by atoms with van der Waals surface area (Å²) in [6.45, 7) is 5.94. The predicted octanol–water partition coefficient (Wildman–Crippen LogP) is 3.26. The topological polar surface area (TPSA) is 75.4 Å². The monoisotopic (exact) mass is 357 g/mol. The average Bonchev–Trinajstić information content (AvgIpc) is 2.98. The number of likely N-dealkylation sites (tertiary alicyclic amines) is 1.